The molecule has 0 unspecified atom stereocenters. The molecule has 1 amide bonds. The maximum Gasteiger partial charge on any atom is 0.296 e. The van der Waals surface area contributed by atoms with Crippen LogP contribution < -0.4 is 10.2 Å². The van der Waals surface area contributed by atoms with Crippen LogP contribution in [0, 0.1) is 5.92 Å². The van der Waals surface area contributed by atoms with Gasteiger partial charge in [0.05, 0.1) is 24.2 Å². The van der Waals surface area contributed by atoms with Gasteiger partial charge in [0.1, 0.15) is 11.6 Å². The van der Waals surface area contributed by atoms with Gasteiger partial charge in [-0.1, -0.05) is 12.1 Å². The quantitative estimate of drug-likeness (QED) is 0.384. The Morgan fingerprint density at radius 1 is 1.05 bits per heavy atom. The van der Waals surface area contributed by atoms with Crippen LogP contribution in [-0.2, 0) is 4.74 Å². The predicted octanol–water partition coefficient (Wildman–Crippen LogP) is 3.56. The van der Waals surface area contributed by atoms with Crippen molar-refractivity contribution >= 4 is 28.7 Å². The first-order chi connectivity index (χ1) is 19.1. The maximum absolute atomic E-state index is 14.1. The van der Waals surface area contributed by atoms with Gasteiger partial charge in [-0.25, -0.2) is 13.8 Å². The Morgan fingerprint density at radius 2 is 1.85 bits per heavy atom. The number of amides is 1. The van der Waals surface area contributed by atoms with Gasteiger partial charge in [-0.15, -0.1) is 0 Å². The number of hydrogen-bond acceptors (Lipinski definition) is 8. The van der Waals surface area contributed by atoms with Crippen molar-refractivity contribution in [3.8, 4) is 5.82 Å². The molecule has 1 N–H and O–H groups in total. The van der Waals surface area contributed by atoms with E-state index < -0.39 is 6.43 Å². The summed E-state index contributed by atoms with van der Waals surface area (Å²) in [5, 5.41) is 3.39. The molecule has 1 aromatic carbocycles. The monoisotopic (exact) mass is 534 g/mol. The zero-order chi connectivity index (χ0) is 26.8. The fourth-order valence-electron chi connectivity index (χ4n) is 5.07. The summed E-state index contributed by atoms with van der Waals surface area (Å²) in [6.07, 6.45) is 1.30. The second-order valence-corrected chi connectivity index (χ2v) is 9.63. The Bertz CT molecular complexity index is 1460. The van der Waals surface area contributed by atoms with Gasteiger partial charge in [-0.3, -0.25) is 14.3 Å². The number of halogens is 2. The lowest BCUT2D eigenvalue weighted by Gasteiger charge is -2.27. The summed E-state index contributed by atoms with van der Waals surface area (Å²) in [7, 11) is 0. The number of alkyl halides is 2. The third-order valence-corrected chi connectivity index (χ3v) is 7.08. The number of rotatable bonds is 7. The van der Waals surface area contributed by atoms with Crippen molar-refractivity contribution in [3.05, 3.63) is 66.2 Å². The molecule has 0 aliphatic carbocycles. The van der Waals surface area contributed by atoms with Crippen LogP contribution in [0.25, 0.3) is 16.9 Å². The van der Waals surface area contributed by atoms with Gasteiger partial charge < -0.3 is 19.9 Å². The van der Waals surface area contributed by atoms with Crippen LogP contribution in [0.1, 0.15) is 29.0 Å². The standard InChI is InChI=1S/C27H28F2N8O2/c28-24(29)25-32-20-3-1-2-4-21(20)37(25)23-15-22(33-27(34-23)35-11-13-39-14-12-35)31-16-18-7-10-36(17-18)26(38)19-5-8-30-9-6-19/h1-6,8-9,15,18,24H,7,10-14,16-17H2,(H,31,33,34)/t18-/m1/s1. The number of para-hydroxylation sites is 2. The molecule has 0 spiro atoms. The van der Waals surface area contributed by atoms with Crippen molar-refractivity contribution < 1.29 is 18.3 Å². The van der Waals surface area contributed by atoms with Crippen molar-refractivity contribution in [2.24, 2.45) is 5.92 Å². The summed E-state index contributed by atoms with van der Waals surface area (Å²) in [5.41, 5.74) is 1.64. The summed E-state index contributed by atoms with van der Waals surface area (Å²) in [6.45, 7) is 4.13. The van der Waals surface area contributed by atoms with Gasteiger partial charge in [0.15, 0.2) is 5.82 Å². The largest absolute Gasteiger partial charge is 0.378 e. The molecular formula is C27H28F2N8O2. The molecule has 12 heteroatoms. The van der Waals surface area contributed by atoms with Crippen LogP contribution in [0.3, 0.4) is 0 Å². The number of carbonyl (C=O) groups is 1. The summed E-state index contributed by atoms with van der Waals surface area (Å²) >= 11 is 0. The minimum absolute atomic E-state index is 0.00894. The molecule has 6 rings (SSSR count). The molecule has 10 nitrogen and oxygen atoms in total. The zero-order valence-electron chi connectivity index (χ0n) is 21.2. The molecule has 0 saturated carbocycles. The zero-order valence-corrected chi connectivity index (χ0v) is 21.2. The van der Waals surface area contributed by atoms with E-state index in [-0.39, 0.29) is 17.6 Å². The molecule has 202 valence electrons. The number of morpholine rings is 1. The summed E-state index contributed by atoms with van der Waals surface area (Å²) in [5.74, 6) is 1.13. The molecule has 2 aliphatic rings. The molecule has 4 aromatic rings. The Balaban J connectivity index is 1.27. The van der Waals surface area contributed by atoms with Crippen molar-refractivity contribution in [3.63, 3.8) is 0 Å². The van der Waals surface area contributed by atoms with Crippen LogP contribution in [0.15, 0.2) is 54.9 Å². The van der Waals surface area contributed by atoms with E-state index in [2.05, 4.69) is 15.3 Å². The molecule has 3 aromatic heterocycles. The number of likely N-dealkylation sites (tertiary alicyclic amines) is 1. The molecule has 0 bridgehead atoms. The van der Waals surface area contributed by atoms with E-state index in [1.165, 1.54) is 4.57 Å². The number of anilines is 2. The highest BCUT2D eigenvalue weighted by Gasteiger charge is 2.28. The molecule has 1 atom stereocenters. The minimum atomic E-state index is -2.78. The number of nitrogens with zero attached hydrogens (tertiary/aromatic N) is 7. The first-order valence-electron chi connectivity index (χ1n) is 13.0. The SMILES string of the molecule is O=C(c1ccncc1)N1CC[C@H](CNc2cc(-n3c(C(F)F)nc4ccccc43)nc(N3CCOCC3)n2)C1. The van der Waals surface area contributed by atoms with Crippen LogP contribution >= 0.6 is 0 Å². The van der Waals surface area contributed by atoms with Crippen LogP contribution in [0.4, 0.5) is 20.5 Å². The van der Waals surface area contributed by atoms with Crippen molar-refractivity contribution in [1.82, 2.24) is 29.4 Å². The molecule has 2 fully saturated rings. The first-order valence-corrected chi connectivity index (χ1v) is 13.0. The van der Waals surface area contributed by atoms with E-state index in [0.29, 0.717) is 80.1 Å². The molecule has 2 aliphatic heterocycles. The number of nitrogens with one attached hydrogen (secondary N) is 1. The molecular weight excluding hydrogens is 506 g/mol. The van der Waals surface area contributed by atoms with Gasteiger partial charge in [-0.05, 0) is 36.6 Å². The molecule has 5 heterocycles. The van der Waals surface area contributed by atoms with E-state index in [4.69, 9.17) is 14.7 Å². The number of hydrogen-bond donors (Lipinski definition) is 1. The number of aromatic nitrogens is 5. The van der Waals surface area contributed by atoms with Crippen LogP contribution in [0.5, 0.6) is 0 Å². The Hall–Kier alpha value is -4.19. The lowest BCUT2D eigenvalue weighted by Crippen LogP contribution is -2.37. The maximum atomic E-state index is 14.1. The third-order valence-electron chi connectivity index (χ3n) is 7.08. The molecule has 39 heavy (non-hydrogen) atoms. The van der Waals surface area contributed by atoms with Crippen LogP contribution in [0.2, 0.25) is 0 Å². The van der Waals surface area contributed by atoms with Crippen molar-refractivity contribution in [1.29, 1.82) is 0 Å². The highest BCUT2D eigenvalue weighted by Crippen LogP contribution is 2.29. The normalized spacial score (nSPS) is 17.8. The summed E-state index contributed by atoms with van der Waals surface area (Å²) < 4.78 is 35.0. The Labute approximate surface area is 223 Å². The van der Waals surface area contributed by atoms with Crippen LogP contribution in [-0.4, -0.2) is 81.2 Å². The van der Waals surface area contributed by atoms with E-state index in [0.717, 1.165) is 6.42 Å². The second kappa shape index (κ2) is 10.9. The Kier molecular flexibility index (Phi) is 7.01. The number of benzene rings is 1. The second-order valence-electron chi connectivity index (χ2n) is 9.63. The van der Waals surface area contributed by atoms with E-state index in [1.807, 2.05) is 9.80 Å². The van der Waals surface area contributed by atoms with E-state index >= 15 is 0 Å². The van der Waals surface area contributed by atoms with Crippen molar-refractivity contribution in [2.45, 2.75) is 12.8 Å². The van der Waals surface area contributed by atoms with Gasteiger partial charge >= 0.3 is 0 Å². The number of pyridine rings is 1. The average Bonchev–Trinajstić information content (AvgIpc) is 3.62. The van der Waals surface area contributed by atoms with Gasteiger partial charge in [-0.2, -0.15) is 9.97 Å². The minimum Gasteiger partial charge on any atom is -0.378 e. The summed E-state index contributed by atoms with van der Waals surface area (Å²) in [4.78, 5) is 34.2. The number of imidazole rings is 1. The Morgan fingerprint density at radius 3 is 2.64 bits per heavy atom. The topological polar surface area (TPSA) is 101 Å². The predicted molar refractivity (Wildman–Crippen MR) is 141 cm³/mol. The summed E-state index contributed by atoms with van der Waals surface area (Å²) in [6, 6.07) is 12.1. The lowest BCUT2D eigenvalue weighted by molar-refractivity contribution is 0.0787. The number of ether oxygens (including phenoxy) is 1. The average molecular weight is 535 g/mol. The van der Waals surface area contributed by atoms with E-state index in [9.17, 15) is 13.6 Å². The lowest BCUT2D eigenvalue weighted by atomic mass is 10.1. The van der Waals surface area contributed by atoms with Gasteiger partial charge in [0.2, 0.25) is 5.95 Å². The highest BCUT2D eigenvalue weighted by molar-refractivity contribution is 5.94. The fraction of sp³-hybridized carbons (Fsp3) is 0.370. The first kappa shape index (κ1) is 25.1. The number of fused-ring (bicyclic) bond motifs is 1. The van der Waals surface area contributed by atoms with Gasteiger partial charge in [0.25, 0.3) is 12.3 Å². The number of carbonyl (C=O) groups excluding carboxylic acids is 1. The fourth-order valence-corrected chi connectivity index (χ4v) is 5.07. The highest BCUT2D eigenvalue weighted by atomic mass is 19.3. The molecule has 2 saturated heterocycles. The molecule has 0 radical (unpaired) electrons. The third kappa shape index (κ3) is 5.24. The van der Waals surface area contributed by atoms with Gasteiger partial charge in [0, 0.05) is 56.7 Å². The van der Waals surface area contributed by atoms with Crippen molar-refractivity contribution in [2.75, 3.05) is 56.2 Å². The van der Waals surface area contributed by atoms with E-state index in [1.54, 1.807) is 54.9 Å². The smallest absolute Gasteiger partial charge is 0.296 e.